The molecule has 2 N–H and O–H groups in total. The number of nitrogens with two attached hydrogens (primary N) is 1. The van der Waals surface area contributed by atoms with Gasteiger partial charge in [0.1, 0.15) is 18.2 Å². The van der Waals surface area contributed by atoms with Gasteiger partial charge in [-0.15, -0.1) is 0 Å². The number of ether oxygens (including phenoxy) is 1. The zero-order valence-electron chi connectivity index (χ0n) is 10.7. The van der Waals surface area contributed by atoms with Crippen LogP contribution in [0.15, 0.2) is 54.6 Å². The predicted octanol–water partition coefficient (Wildman–Crippen LogP) is 4.05. The molecule has 0 saturated heterocycles. The topological polar surface area (TPSA) is 48.1 Å². The first-order valence-corrected chi connectivity index (χ1v) is 6.62. The van der Waals surface area contributed by atoms with Crippen LogP contribution in [0.3, 0.4) is 0 Å². The molecule has 0 unspecified atom stereocenters. The first kappa shape index (κ1) is 12.8. The SMILES string of the molecule is Nc1ccc2cc(OCc3ccc(Cl)cc3)ccc2n1. The Hall–Kier alpha value is -2.26. The summed E-state index contributed by atoms with van der Waals surface area (Å²) >= 11 is 5.85. The Morgan fingerprint density at radius 2 is 1.80 bits per heavy atom. The Kier molecular flexibility index (Phi) is 3.44. The van der Waals surface area contributed by atoms with Gasteiger partial charge in [-0.2, -0.15) is 0 Å². The molecular weight excluding hydrogens is 272 g/mol. The van der Waals surface area contributed by atoms with Crippen molar-refractivity contribution in [1.82, 2.24) is 4.98 Å². The number of fused-ring (bicyclic) bond motifs is 1. The van der Waals surface area contributed by atoms with Gasteiger partial charge in [-0.05, 0) is 48.0 Å². The van der Waals surface area contributed by atoms with Crippen LogP contribution >= 0.6 is 11.6 Å². The van der Waals surface area contributed by atoms with E-state index in [2.05, 4.69) is 4.98 Å². The first-order valence-electron chi connectivity index (χ1n) is 6.24. The van der Waals surface area contributed by atoms with Crippen LogP contribution in [-0.4, -0.2) is 4.98 Å². The summed E-state index contributed by atoms with van der Waals surface area (Å²) < 4.78 is 5.77. The van der Waals surface area contributed by atoms with Crippen molar-refractivity contribution in [3.8, 4) is 5.75 Å². The number of aromatic nitrogens is 1. The largest absolute Gasteiger partial charge is 0.489 e. The molecule has 0 aliphatic carbocycles. The molecule has 1 heterocycles. The van der Waals surface area contributed by atoms with Crippen LogP contribution in [0.2, 0.25) is 5.02 Å². The molecular formula is C16H13ClN2O. The Labute approximate surface area is 122 Å². The van der Waals surface area contributed by atoms with Gasteiger partial charge >= 0.3 is 0 Å². The maximum absolute atomic E-state index is 5.85. The molecule has 0 atom stereocenters. The standard InChI is InChI=1S/C16H13ClN2O/c17-13-4-1-11(2-5-13)10-20-14-6-7-15-12(9-14)3-8-16(18)19-15/h1-9H,10H2,(H2,18,19). The first-order chi connectivity index (χ1) is 9.70. The lowest BCUT2D eigenvalue weighted by Gasteiger charge is -2.07. The quantitative estimate of drug-likeness (QED) is 0.789. The third kappa shape index (κ3) is 2.83. The smallest absolute Gasteiger partial charge is 0.124 e. The fraction of sp³-hybridized carbons (Fsp3) is 0.0625. The van der Waals surface area contributed by atoms with Crippen LogP contribution in [0.4, 0.5) is 5.82 Å². The monoisotopic (exact) mass is 284 g/mol. The fourth-order valence-corrected chi connectivity index (χ4v) is 2.08. The van der Waals surface area contributed by atoms with Gasteiger partial charge < -0.3 is 10.5 Å². The van der Waals surface area contributed by atoms with Gasteiger partial charge in [0.15, 0.2) is 0 Å². The van der Waals surface area contributed by atoms with Crippen molar-refractivity contribution in [2.45, 2.75) is 6.61 Å². The normalized spacial score (nSPS) is 10.7. The van der Waals surface area contributed by atoms with Crippen molar-refractivity contribution in [3.63, 3.8) is 0 Å². The van der Waals surface area contributed by atoms with Gasteiger partial charge in [0.25, 0.3) is 0 Å². The second kappa shape index (κ2) is 5.39. The lowest BCUT2D eigenvalue weighted by molar-refractivity contribution is 0.306. The minimum Gasteiger partial charge on any atom is -0.489 e. The number of hydrogen-bond acceptors (Lipinski definition) is 3. The minimum atomic E-state index is 0.505. The van der Waals surface area contributed by atoms with Crippen LogP contribution < -0.4 is 10.5 Å². The Balaban J connectivity index is 1.77. The molecule has 0 amide bonds. The van der Waals surface area contributed by atoms with E-state index in [1.54, 1.807) is 6.07 Å². The maximum atomic E-state index is 5.85. The minimum absolute atomic E-state index is 0.505. The van der Waals surface area contributed by atoms with E-state index in [1.165, 1.54) is 0 Å². The Bertz CT molecular complexity index is 741. The molecule has 0 aliphatic rings. The number of nitrogens with zero attached hydrogens (tertiary/aromatic N) is 1. The second-order valence-electron chi connectivity index (χ2n) is 4.51. The van der Waals surface area contributed by atoms with E-state index in [0.29, 0.717) is 12.4 Å². The lowest BCUT2D eigenvalue weighted by Crippen LogP contribution is -1.95. The number of nitrogen functional groups attached to an aromatic ring is 1. The predicted molar refractivity (Wildman–Crippen MR) is 81.9 cm³/mol. The van der Waals surface area contributed by atoms with Crippen molar-refractivity contribution in [3.05, 3.63) is 65.2 Å². The summed E-state index contributed by atoms with van der Waals surface area (Å²) in [4.78, 5) is 4.25. The molecule has 2 aromatic carbocycles. The van der Waals surface area contributed by atoms with Crippen LogP contribution in [0, 0.1) is 0 Å². The highest BCUT2D eigenvalue weighted by molar-refractivity contribution is 6.30. The second-order valence-corrected chi connectivity index (χ2v) is 4.94. The zero-order valence-corrected chi connectivity index (χ0v) is 11.5. The lowest BCUT2D eigenvalue weighted by atomic mass is 10.2. The summed E-state index contributed by atoms with van der Waals surface area (Å²) in [5.41, 5.74) is 7.59. The molecule has 3 rings (SSSR count). The summed E-state index contributed by atoms with van der Waals surface area (Å²) in [7, 11) is 0. The van der Waals surface area contributed by atoms with E-state index in [0.717, 1.165) is 27.2 Å². The third-order valence-electron chi connectivity index (χ3n) is 3.00. The van der Waals surface area contributed by atoms with Gasteiger partial charge in [0, 0.05) is 10.4 Å². The van der Waals surface area contributed by atoms with Gasteiger partial charge in [-0.3, -0.25) is 0 Å². The summed E-state index contributed by atoms with van der Waals surface area (Å²) in [6.45, 7) is 0.505. The molecule has 0 spiro atoms. The molecule has 4 heteroatoms. The van der Waals surface area contributed by atoms with E-state index in [9.17, 15) is 0 Å². The molecule has 20 heavy (non-hydrogen) atoms. The molecule has 0 fully saturated rings. The van der Waals surface area contributed by atoms with Gasteiger partial charge in [0.05, 0.1) is 5.52 Å². The number of pyridine rings is 1. The van der Waals surface area contributed by atoms with Crippen molar-refractivity contribution < 1.29 is 4.74 Å². The van der Waals surface area contributed by atoms with Crippen LogP contribution in [-0.2, 0) is 6.61 Å². The molecule has 0 saturated carbocycles. The Morgan fingerprint density at radius 3 is 2.60 bits per heavy atom. The maximum Gasteiger partial charge on any atom is 0.124 e. The zero-order chi connectivity index (χ0) is 13.9. The number of anilines is 1. The summed E-state index contributed by atoms with van der Waals surface area (Å²) in [5, 5.41) is 1.73. The van der Waals surface area contributed by atoms with Crippen molar-refractivity contribution in [2.24, 2.45) is 0 Å². The van der Waals surface area contributed by atoms with E-state index in [1.807, 2.05) is 48.5 Å². The number of halogens is 1. The number of rotatable bonds is 3. The highest BCUT2D eigenvalue weighted by atomic mass is 35.5. The van der Waals surface area contributed by atoms with Gasteiger partial charge in [-0.25, -0.2) is 4.98 Å². The molecule has 1 aromatic heterocycles. The van der Waals surface area contributed by atoms with Crippen LogP contribution in [0.25, 0.3) is 10.9 Å². The van der Waals surface area contributed by atoms with E-state index in [-0.39, 0.29) is 0 Å². The molecule has 0 aliphatic heterocycles. The summed E-state index contributed by atoms with van der Waals surface area (Å²) in [6.07, 6.45) is 0. The third-order valence-corrected chi connectivity index (χ3v) is 3.25. The highest BCUT2D eigenvalue weighted by Gasteiger charge is 2.00. The van der Waals surface area contributed by atoms with Crippen LogP contribution in [0.5, 0.6) is 5.75 Å². The summed E-state index contributed by atoms with van der Waals surface area (Å²) in [6, 6.07) is 17.1. The van der Waals surface area contributed by atoms with Gasteiger partial charge in [-0.1, -0.05) is 23.7 Å². The molecule has 3 aromatic rings. The van der Waals surface area contributed by atoms with Crippen LogP contribution in [0.1, 0.15) is 5.56 Å². The van der Waals surface area contributed by atoms with Gasteiger partial charge in [0.2, 0.25) is 0 Å². The molecule has 0 bridgehead atoms. The average Bonchev–Trinajstić information content (AvgIpc) is 2.46. The summed E-state index contributed by atoms with van der Waals surface area (Å²) in [5.74, 6) is 1.33. The molecule has 100 valence electrons. The fourth-order valence-electron chi connectivity index (χ4n) is 1.96. The number of benzene rings is 2. The van der Waals surface area contributed by atoms with E-state index in [4.69, 9.17) is 22.1 Å². The average molecular weight is 285 g/mol. The van der Waals surface area contributed by atoms with E-state index < -0.39 is 0 Å². The highest BCUT2D eigenvalue weighted by Crippen LogP contribution is 2.21. The Morgan fingerprint density at radius 1 is 1.00 bits per heavy atom. The number of hydrogen-bond donors (Lipinski definition) is 1. The van der Waals surface area contributed by atoms with Crippen molar-refractivity contribution >= 4 is 28.3 Å². The van der Waals surface area contributed by atoms with Crippen molar-refractivity contribution in [1.29, 1.82) is 0 Å². The molecule has 0 radical (unpaired) electrons. The molecule has 3 nitrogen and oxygen atoms in total. The van der Waals surface area contributed by atoms with E-state index >= 15 is 0 Å². The van der Waals surface area contributed by atoms with Crippen molar-refractivity contribution in [2.75, 3.05) is 5.73 Å².